The van der Waals surface area contributed by atoms with E-state index >= 15 is 0 Å². The van der Waals surface area contributed by atoms with Gasteiger partial charge in [0.1, 0.15) is 17.1 Å². The van der Waals surface area contributed by atoms with Crippen molar-refractivity contribution in [3.8, 4) is 22.6 Å². The molecule has 0 spiro atoms. The van der Waals surface area contributed by atoms with E-state index in [0.29, 0.717) is 5.56 Å². The smallest absolute Gasteiger partial charge is 0.462 e. The molecule has 7 nitrogen and oxygen atoms in total. The van der Waals surface area contributed by atoms with Crippen LogP contribution in [0.5, 0.6) is 11.5 Å². The quantitative estimate of drug-likeness (QED) is 0.144. The van der Waals surface area contributed by atoms with Gasteiger partial charge in [0.05, 0.1) is 13.2 Å². The van der Waals surface area contributed by atoms with Crippen molar-refractivity contribution >= 4 is 18.1 Å². The Labute approximate surface area is 199 Å². The van der Waals surface area contributed by atoms with Gasteiger partial charge in [-0.15, -0.1) is 0 Å². The summed E-state index contributed by atoms with van der Waals surface area (Å²) in [7, 11) is 0. The summed E-state index contributed by atoms with van der Waals surface area (Å²) in [6.07, 6.45) is -4.74. The molecule has 2 aromatic carbocycles. The van der Waals surface area contributed by atoms with E-state index in [1.807, 2.05) is 0 Å². The Morgan fingerprint density at radius 3 is 2.17 bits per heavy atom. The minimum Gasteiger partial charge on any atom is -0.462 e. The number of hydrogen-bond acceptors (Lipinski definition) is 7. The topological polar surface area (TPSA) is 88.1 Å². The van der Waals surface area contributed by atoms with E-state index in [4.69, 9.17) is 18.9 Å². The van der Waals surface area contributed by atoms with Crippen molar-refractivity contribution in [2.75, 3.05) is 13.2 Å². The molecule has 0 aliphatic rings. The predicted molar refractivity (Wildman–Crippen MR) is 120 cm³/mol. The normalized spacial score (nSPS) is 10.8. The van der Waals surface area contributed by atoms with E-state index < -0.39 is 35.6 Å². The van der Waals surface area contributed by atoms with Crippen LogP contribution >= 0.6 is 0 Å². The SMILES string of the molecule is C=CC(=O)Oc1ccc(-c2ccc(OC(=O)OCCCOC(=O)C(=C)C)cc2)c(C)c1C(F)(F)F. The minimum absolute atomic E-state index is 0.0402. The fraction of sp³-hybridized carbons (Fsp3) is 0.240. The van der Waals surface area contributed by atoms with E-state index in [1.165, 1.54) is 44.2 Å². The third-order valence-corrected chi connectivity index (χ3v) is 4.54. The maximum Gasteiger partial charge on any atom is 0.513 e. The summed E-state index contributed by atoms with van der Waals surface area (Å²) in [4.78, 5) is 34.5. The molecule has 0 aliphatic carbocycles. The Kier molecular flexibility index (Phi) is 9.21. The van der Waals surface area contributed by atoms with Crippen molar-refractivity contribution < 1.29 is 46.5 Å². The van der Waals surface area contributed by atoms with Crippen LogP contribution in [0.25, 0.3) is 11.1 Å². The summed E-state index contributed by atoms with van der Waals surface area (Å²) in [5.41, 5.74) is -0.315. The molecule has 0 unspecified atom stereocenters. The Balaban J connectivity index is 2.06. The highest BCUT2D eigenvalue weighted by Gasteiger charge is 2.37. The van der Waals surface area contributed by atoms with E-state index in [2.05, 4.69) is 13.2 Å². The molecule has 0 heterocycles. The van der Waals surface area contributed by atoms with Crippen LogP contribution in [0.1, 0.15) is 24.5 Å². The zero-order chi connectivity index (χ0) is 26.2. The number of halogens is 3. The molecule has 0 saturated carbocycles. The molecule has 0 bridgehead atoms. The van der Waals surface area contributed by atoms with Crippen molar-refractivity contribution in [3.63, 3.8) is 0 Å². The van der Waals surface area contributed by atoms with Crippen LogP contribution in [-0.2, 0) is 25.2 Å². The number of ether oxygens (including phenoxy) is 4. The molecule has 186 valence electrons. The molecule has 0 radical (unpaired) electrons. The van der Waals surface area contributed by atoms with Crippen molar-refractivity contribution in [2.24, 2.45) is 0 Å². The standard InChI is InChI=1S/C25H23F3O7/c1-5-21(29)35-20-12-11-19(16(4)22(20)25(26,27)28)17-7-9-18(10-8-17)34-24(31)33-14-6-13-32-23(30)15(2)3/h5,7-12H,1-2,6,13-14H2,3-4H3. The van der Waals surface area contributed by atoms with Crippen LogP contribution in [0.15, 0.2) is 61.2 Å². The van der Waals surface area contributed by atoms with Gasteiger partial charge in [-0.05, 0) is 48.7 Å². The number of esters is 2. The summed E-state index contributed by atoms with van der Waals surface area (Å²) >= 11 is 0. The van der Waals surface area contributed by atoms with Crippen molar-refractivity contribution in [2.45, 2.75) is 26.4 Å². The highest BCUT2D eigenvalue weighted by atomic mass is 19.4. The first-order valence-electron chi connectivity index (χ1n) is 10.3. The summed E-state index contributed by atoms with van der Waals surface area (Å²) in [5.74, 6) is -2.07. The lowest BCUT2D eigenvalue weighted by Gasteiger charge is -2.18. The number of carbonyl (C=O) groups excluding carboxylic acids is 3. The number of rotatable bonds is 9. The van der Waals surface area contributed by atoms with E-state index in [0.717, 1.165) is 12.1 Å². The average Bonchev–Trinajstić information content (AvgIpc) is 2.78. The lowest BCUT2D eigenvalue weighted by molar-refractivity contribution is -0.141. The summed E-state index contributed by atoms with van der Waals surface area (Å²) < 4.78 is 60.5. The molecule has 35 heavy (non-hydrogen) atoms. The van der Waals surface area contributed by atoms with Gasteiger partial charge in [0, 0.05) is 18.1 Å². The van der Waals surface area contributed by atoms with Crippen molar-refractivity contribution in [3.05, 3.63) is 72.3 Å². The van der Waals surface area contributed by atoms with E-state index in [1.54, 1.807) is 0 Å². The van der Waals surface area contributed by atoms with Gasteiger partial charge in [-0.1, -0.05) is 31.4 Å². The second-order valence-corrected chi connectivity index (χ2v) is 7.23. The average molecular weight is 492 g/mol. The number of alkyl halides is 3. The predicted octanol–water partition coefficient (Wildman–Crippen LogP) is 5.80. The first kappa shape index (κ1) is 27.2. The first-order valence-corrected chi connectivity index (χ1v) is 10.3. The van der Waals surface area contributed by atoms with Crippen LogP contribution in [-0.4, -0.2) is 31.3 Å². The summed E-state index contributed by atoms with van der Waals surface area (Å²) in [6, 6.07) is 8.17. The molecule has 0 saturated heterocycles. The fourth-order valence-electron chi connectivity index (χ4n) is 2.92. The first-order chi connectivity index (χ1) is 16.4. The Morgan fingerprint density at radius 1 is 0.971 bits per heavy atom. The number of carbonyl (C=O) groups is 3. The second-order valence-electron chi connectivity index (χ2n) is 7.23. The Morgan fingerprint density at radius 2 is 1.60 bits per heavy atom. The van der Waals surface area contributed by atoms with Gasteiger partial charge in [0.25, 0.3) is 0 Å². The monoisotopic (exact) mass is 492 g/mol. The number of hydrogen-bond donors (Lipinski definition) is 0. The van der Waals surface area contributed by atoms with Crippen LogP contribution in [0.2, 0.25) is 0 Å². The highest BCUT2D eigenvalue weighted by Crippen LogP contribution is 2.42. The van der Waals surface area contributed by atoms with Gasteiger partial charge in [-0.3, -0.25) is 0 Å². The third-order valence-electron chi connectivity index (χ3n) is 4.54. The fourth-order valence-corrected chi connectivity index (χ4v) is 2.92. The molecule has 10 heteroatoms. The molecule has 0 aliphatic heterocycles. The van der Waals surface area contributed by atoms with Gasteiger partial charge in [0.2, 0.25) is 0 Å². The molecule has 0 amide bonds. The Bertz CT molecular complexity index is 1120. The highest BCUT2D eigenvalue weighted by molar-refractivity contribution is 5.87. The van der Waals surface area contributed by atoms with Gasteiger partial charge >= 0.3 is 24.3 Å². The largest absolute Gasteiger partial charge is 0.513 e. The molecule has 2 aromatic rings. The van der Waals surface area contributed by atoms with Gasteiger partial charge in [-0.25, -0.2) is 14.4 Å². The molecular weight excluding hydrogens is 469 g/mol. The lowest BCUT2D eigenvalue weighted by atomic mass is 9.95. The molecule has 0 N–H and O–H groups in total. The maximum atomic E-state index is 13.7. The summed E-state index contributed by atoms with van der Waals surface area (Å²) in [5, 5.41) is 0. The second kappa shape index (κ2) is 11.9. The van der Waals surface area contributed by atoms with E-state index in [-0.39, 0.29) is 42.1 Å². The van der Waals surface area contributed by atoms with Gasteiger partial charge in [-0.2, -0.15) is 13.2 Å². The maximum absolute atomic E-state index is 13.7. The van der Waals surface area contributed by atoms with Crippen molar-refractivity contribution in [1.82, 2.24) is 0 Å². The molecule has 0 atom stereocenters. The number of benzene rings is 2. The summed E-state index contributed by atoms with van der Waals surface area (Å²) in [6.45, 7) is 9.38. The van der Waals surface area contributed by atoms with Crippen LogP contribution < -0.4 is 9.47 Å². The molecular formula is C25H23F3O7. The minimum atomic E-state index is -4.77. The molecule has 0 fully saturated rings. The lowest BCUT2D eigenvalue weighted by Crippen LogP contribution is -2.14. The van der Waals surface area contributed by atoms with Crippen molar-refractivity contribution in [1.29, 1.82) is 0 Å². The molecule has 0 aromatic heterocycles. The zero-order valence-corrected chi connectivity index (χ0v) is 19.1. The Hall–Kier alpha value is -4.08. The van der Waals surface area contributed by atoms with Crippen LogP contribution in [0, 0.1) is 6.92 Å². The van der Waals surface area contributed by atoms with Gasteiger partial charge in [0.15, 0.2) is 0 Å². The molecule has 2 rings (SSSR count). The third kappa shape index (κ3) is 7.73. The zero-order valence-electron chi connectivity index (χ0n) is 19.1. The van der Waals surface area contributed by atoms with Crippen LogP contribution in [0.4, 0.5) is 18.0 Å². The van der Waals surface area contributed by atoms with E-state index in [9.17, 15) is 27.6 Å². The van der Waals surface area contributed by atoms with Gasteiger partial charge < -0.3 is 18.9 Å². The van der Waals surface area contributed by atoms with Crippen LogP contribution in [0.3, 0.4) is 0 Å².